The zero-order chi connectivity index (χ0) is 14.2. The fraction of sp³-hybridized carbons (Fsp3) is 0.308. The van der Waals surface area contributed by atoms with Crippen LogP contribution in [-0.4, -0.2) is 33.8 Å². The Morgan fingerprint density at radius 2 is 2.35 bits per heavy atom. The summed E-state index contributed by atoms with van der Waals surface area (Å²) >= 11 is 0. The fourth-order valence-electron chi connectivity index (χ4n) is 1.57. The molecule has 0 aliphatic rings. The average molecular weight is 278 g/mol. The van der Waals surface area contributed by atoms with Gasteiger partial charge < -0.3 is 10.1 Å². The minimum atomic E-state index is -0.348. The maximum Gasteiger partial charge on any atom is 0.221 e. The summed E-state index contributed by atoms with van der Waals surface area (Å²) < 4.78 is 19.8. The molecule has 0 saturated heterocycles. The molecule has 1 N–H and O–H groups in total. The van der Waals surface area contributed by atoms with Gasteiger partial charge in [-0.1, -0.05) is 6.07 Å². The van der Waals surface area contributed by atoms with Crippen molar-refractivity contribution in [1.82, 2.24) is 20.1 Å². The number of carbonyl (C=O) groups excluding carboxylic acids is 1. The number of ether oxygens (including phenoxy) is 1. The van der Waals surface area contributed by atoms with E-state index in [0.717, 1.165) is 0 Å². The van der Waals surface area contributed by atoms with Crippen LogP contribution in [0.2, 0.25) is 0 Å². The monoisotopic (exact) mass is 278 g/mol. The van der Waals surface area contributed by atoms with Gasteiger partial charge in [-0.15, -0.1) is 0 Å². The van der Waals surface area contributed by atoms with Crippen molar-refractivity contribution in [3.63, 3.8) is 0 Å². The SMILES string of the molecule is O=C(CCn1cncn1)NCCOc1cccc(F)c1. The van der Waals surface area contributed by atoms with Crippen LogP contribution in [0, 0.1) is 5.82 Å². The first-order valence-electron chi connectivity index (χ1n) is 6.21. The van der Waals surface area contributed by atoms with Crippen molar-refractivity contribution < 1.29 is 13.9 Å². The van der Waals surface area contributed by atoms with Gasteiger partial charge in [-0.3, -0.25) is 9.48 Å². The summed E-state index contributed by atoms with van der Waals surface area (Å²) in [7, 11) is 0. The zero-order valence-electron chi connectivity index (χ0n) is 10.8. The molecule has 0 atom stereocenters. The molecule has 0 aliphatic heterocycles. The minimum Gasteiger partial charge on any atom is -0.492 e. The van der Waals surface area contributed by atoms with Crippen molar-refractivity contribution in [1.29, 1.82) is 0 Å². The maximum absolute atomic E-state index is 12.9. The van der Waals surface area contributed by atoms with Gasteiger partial charge in [-0.05, 0) is 12.1 Å². The van der Waals surface area contributed by atoms with Gasteiger partial charge >= 0.3 is 0 Å². The molecule has 0 saturated carbocycles. The van der Waals surface area contributed by atoms with Crippen LogP contribution in [-0.2, 0) is 11.3 Å². The van der Waals surface area contributed by atoms with Gasteiger partial charge in [0.05, 0.1) is 13.1 Å². The van der Waals surface area contributed by atoms with E-state index in [2.05, 4.69) is 15.4 Å². The first kappa shape index (κ1) is 14.0. The second-order valence-electron chi connectivity index (χ2n) is 4.06. The number of aromatic nitrogens is 3. The first-order chi connectivity index (χ1) is 9.74. The second-order valence-corrected chi connectivity index (χ2v) is 4.06. The maximum atomic E-state index is 12.9. The number of carbonyl (C=O) groups is 1. The molecule has 1 aromatic heterocycles. The van der Waals surface area contributed by atoms with E-state index in [0.29, 0.717) is 31.9 Å². The molecule has 106 valence electrons. The van der Waals surface area contributed by atoms with Crippen LogP contribution in [0.15, 0.2) is 36.9 Å². The molecule has 1 aromatic carbocycles. The highest BCUT2D eigenvalue weighted by Crippen LogP contribution is 2.11. The number of nitrogens with one attached hydrogen (secondary N) is 1. The van der Waals surface area contributed by atoms with E-state index in [1.807, 2.05) is 0 Å². The van der Waals surface area contributed by atoms with Crippen LogP contribution >= 0.6 is 0 Å². The van der Waals surface area contributed by atoms with E-state index >= 15 is 0 Å². The Morgan fingerprint density at radius 3 is 3.10 bits per heavy atom. The fourth-order valence-corrected chi connectivity index (χ4v) is 1.57. The van der Waals surface area contributed by atoms with E-state index in [1.165, 1.54) is 18.5 Å². The summed E-state index contributed by atoms with van der Waals surface area (Å²) in [6.07, 6.45) is 3.30. The van der Waals surface area contributed by atoms with Gasteiger partial charge in [0.25, 0.3) is 0 Å². The van der Waals surface area contributed by atoms with Crippen LogP contribution in [0.4, 0.5) is 4.39 Å². The Bertz CT molecular complexity index is 545. The molecule has 0 bridgehead atoms. The van der Waals surface area contributed by atoms with Crippen LogP contribution in [0.3, 0.4) is 0 Å². The van der Waals surface area contributed by atoms with Crippen LogP contribution in [0.25, 0.3) is 0 Å². The molecule has 0 fully saturated rings. The quantitative estimate of drug-likeness (QED) is 0.767. The smallest absolute Gasteiger partial charge is 0.221 e. The summed E-state index contributed by atoms with van der Waals surface area (Å²) in [6.45, 7) is 1.14. The number of rotatable bonds is 7. The Morgan fingerprint density at radius 1 is 1.45 bits per heavy atom. The topological polar surface area (TPSA) is 69.0 Å². The van der Waals surface area contributed by atoms with Gasteiger partial charge in [-0.25, -0.2) is 9.37 Å². The third-order valence-electron chi connectivity index (χ3n) is 2.52. The molecule has 1 heterocycles. The summed E-state index contributed by atoms with van der Waals surface area (Å²) in [5.41, 5.74) is 0. The number of aryl methyl sites for hydroxylation is 1. The van der Waals surface area contributed by atoms with E-state index in [-0.39, 0.29) is 11.7 Å². The van der Waals surface area contributed by atoms with E-state index in [9.17, 15) is 9.18 Å². The molecule has 1 amide bonds. The standard InChI is InChI=1S/C13H15FN4O2/c14-11-2-1-3-12(8-11)20-7-5-16-13(19)4-6-18-10-15-9-17-18/h1-3,8-10H,4-7H2,(H,16,19). The van der Waals surface area contributed by atoms with Crippen molar-refractivity contribution in [3.05, 3.63) is 42.7 Å². The number of hydrogen-bond acceptors (Lipinski definition) is 4. The number of halogens is 1. The third kappa shape index (κ3) is 4.68. The Kier molecular flexibility index (Phi) is 5.05. The lowest BCUT2D eigenvalue weighted by atomic mass is 10.3. The highest BCUT2D eigenvalue weighted by Gasteiger charge is 2.02. The zero-order valence-corrected chi connectivity index (χ0v) is 10.8. The third-order valence-corrected chi connectivity index (χ3v) is 2.52. The summed E-state index contributed by atoms with van der Waals surface area (Å²) in [6, 6.07) is 5.88. The second kappa shape index (κ2) is 7.22. The molecule has 0 spiro atoms. The van der Waals surface area contributed by atoms with E-state index in [1.54, 1.807) is 23.1 Å². The van der Waals surface area contributed by atoms with E-state index < -0.39 is 0 Å². The first-order valence-corrected chi connectivity index (χ1v) is 6.21. The average Bonchev–Trinajstić information content (AvgIpc) is 2.95. The molecule has 0 aliphatic carbocycles. The van der Waals surface area contributed by atoms with Crippen molar-refractivity contribution in [2.45, 2.75) is 13.0 Å². The summed E-state index contributed by atoms with van der Waals surface area (Å²) in [4.78, 5) is 15.3. The van der Waals surface area contributed by atoms with E-state index in [4.69, 9.17) is 4.74 Å². The largest absolute Gasteiger partial charge is 0.492 e. The van der Waals surface area contributed by atoms with Gasteiger partial charge in [-0.2, -0.15) is 5.10 Å². The molecular formula is C13H15FN4O2. The van der Waals surface area contributed by atoms with Crippen molar-refractivity contribution in [2.24, 2.45) is 0 Å². The molecular weight excluding hydrogens is 263 g/mol. The Balaban J connectivity index is 1.59. The molecule has 20 heavy (non-hydrogen) atoms. The molecule has 2 rings (SSSR count). The Hall–Kier alpha value is -2.44. The number of benzene rings is 1. The van der Waals surface area contributed by atoms with Crippen molar-refractivity contribution in [2.75, 3.05) is 13.2 Å². The molecule has 6 nitrogen and oxygen atoms in total. The van der Waals surface area contributed by atoms with Crippen LogP contribution in [0.5, 0.6) is 5.75 Å². The predicted octanol–water partition coefficient (Wildman–Crippen LogP) is 1.00. The molecule has 0 unspecified atom stereocenters. The number of nitrogens with zero attached hydrogens (tertiary/aromatic N) is 3. The van der Waals surface area contributed by atoms with Gasteiger partial charge in [0.15, 0.2) is 0 Å². The number of hydrogen-bond donors (Lipinski definition) is 1. The molecule has 0 radical (unpaired) electrons. The summed E-state index contributed by atoms with van der Waals surface area (Å²) in [5.74, 6) is 0.00424. The minimum absolute atomic E-state index is 0.0941. The van der Waals surface area contributed by atoms with Crippen molar-refractivity contribution in [3.8, 4) is 5.75 Å². The van der Waals surface area contributed by atoms with Crippen molar-refractivity contribution >= 4 is 5.91 Å². The number of amides is 1. The molecule has 2 aromatic rings. The van der Waals surface area contributed by atoms with Crippen LogP contribution < -0.4 is 10.1 Å². The highest BCUT2D eigenvalue weighted by atomic mass is 19.1. The Labute approximate surface area is 115 Å². The van der Waals surface area contributed by atoms with Gasteiger partial charge in [0, 0.05) is 12.5 Å². The molecule has 7 heteroatoms. The lowest BCUT2D eigenvalue weighted by molar-refractivity contribution is -0.121. The van der Waals surface area contributed by atoms with Gasteiger partial charge in [0.2, 0.25) is 5.91 Å². The normalized spacial score (nSPS) is 10.2. The lowest BCUT2D eigenvalue weighted by Gasteiger charge is -2.07. The lowest BCUT2D eigenvalue weighted by Crippen LogP contribution is -2.28. The highest BCUT2D eigenvalue weighted by molar-refractivity contribution is 5.75. The van der Waals surface area contributed by atoms with Gasteiger partial charge in [0.1, 0.15) is 30.8 Å². The van der Waals surface area contributed by atoms with Crippen LogP contribution in [0.1, 0.15) is 6.42 Å². The predicted molar refractivity (Wildman–Crippen MR) is 69.5 cm³/mol. The summed E-state index contributed by atoms with van der Waals surface area (Å²) in [5, 5.41) is 6.61.